The number of para-hydroxylation sites is 2. The number of fused-ring (bicyclic) bond motifs is 1. The largest absolute Gasteiger partial charge is 0.436 e. The average Bonchev–Trinajstić information content (AvgIpc) is 3.73. The van der Waals surface area contributed by atoms with Gasteiger partial charge in [0, 0.05) is 11.5 Å². The highest BCUT2D eigenvalue weighted by Crippen LogP contribution is 2.38. The fourth-order valence-corrected chi connectivity index (χ4v) is 5.24. The molecule has 0 unspecified atom stereocenters. The molecule has 0 aliphatic heterocycles. The lowest BCUT2D eigenvalue weighted by molar-refractivity contribution is 0.434. The number of nitrogens with zero attached hydrogens (tertiary/aromatic N) is 7. The normalized spacial score (nSPS) is 11.2. The standard InChI is InChI=1S/C34H28N8O2/c1-22(2)32-35-29-30(34(44-25-16-7-4-8-17-25)39-38-33(29)43-24-14-5-3-6-15-24)42(32)21-23-13-9-10-18-26(23)27-19-11-12-20-28(27)31-36-40-41-37-31/h3-20,22H,21H2,1-2H3,(H,36,37,40,41). The molecule has 10 heteroatoms. The summed E-state index contributed by atoms with van der Waals surface area (Å²) in [5.41, 5.74) is 5.25. The Morgan fingerprint density at radius 3 is 1.91 bits per heavy atom. The summed E-state index contributed by atoms with van der Waals surface area (Å²) in [7, 11) is 0. The first-order valence-corrected chi connectivity index (χ1v) is 14.3. The van der Waals surface area contributed by atoms with Crippen LogP contribution in [0, 0.1) is 0 Å². The monoisotopic (exact) mass is 580 g/mol. The summed E-state index contributed by atoms with van der Waals surface area (Å²) < 4.78 is 14.7. The third kappa shape index (κ3) is 5.24. The van der Waals surface area contributed by atoms with Crippen LogP contribution in [0.3, 0.4) is 0 Å². The van der Waals surface area contributed by atoms with Crippen molar-refractivity contribution in [1.29, 1.82) is 0 Å². The smallest absolute Gasteiger partial charge is 0.267 e. The van der Waals surface area contributed by atoms with Gasteiger partial charge in [-0.3, -0.25) is 0 Å². The van der Waals surface area contributed by atoms with E-state index in [-0.39, 0.29) is 5.92 Å². The van der Waals surface area contributed by atoms with E-state index in [2.05, 4.69) is 67.4 Å². The lowest BCUT2D eigenvalue weighted by atomic mass is 9.95. The first-order valence-electron chi connectivity index (χ1n) is 14.3. The number of hydrogen-bond acceptors (Lipinski definition) is 8. The van der Waals surface area contributed by atoms with E-state index in [4.69, 9.17) is 14.5 Å². The van der Waals surface area contributed by atoms with Crippen molar-refractivity contribution in [2.45, 2.75) is 26.3 Å². The van der Waals surface area contributed by atoms with Crippen molar-refractivity contribution in [3.63, 3.8) is 0 Å². The molecule has 216 valence electrons. The van der Waals surface area contributed by atoms with Crippen molar-refractivity contribution in [3.05, 3.63) is 121 Å². The summed E-state index contributed by atoms with van der Waals surface area (Å²) in [6.45, 7) is 4.72. The van der Waals surface area contributed by atoms with E-state index in [9.17, 15) is 0 Å². The molecule has 3 aromatic heterocycles. The van der Waals surface area contributed by atoms with Crippen molar-refractivity contribution in [1.82, 2.24) is 40.4 Å². The number of aromatic amines is 1. The van der Waals surface area contributed by atoms with Gasteiger partial charge in [-0.1, -0.05) is 98.8 Å². The summed E-state index contributed by atoms with van der Waals surface area (Å²) in [5, 5.41) is 23.8. The zero-order valence-corrected chi connectivity index (χ0v) is 24.1. The Morgan fingerprint density at radius 2 is 1.25 bits per heavy atom. The van der Waals surface area contributed by atoms with Gasteiger partial charge in [0.1, 0.15) is 22.8 Å². The first kappa shape index (κ1) is 27.0. The number of benzene rings is 4. The van der Waals surface area contributed by atoms with Crippen molar-refractivity contribution in [3.8, 4) is 45.8 Å². The van der Waals surface area contributed by atoms with E-state index < -0.39 is 0 Å². The maximum absolute atomic E-state index is 6.33. The quantitative estimate of drug-likeness (QED) is 0.187. The zero-order chi connectivity index (χ0) is 29.9. The molecule has 0 bridgehead atoms. The summed E-state index contributed by atoms with van der Waals surface area (Å²) in [6, 6.07) is 35.4. The van der Waals surface area contributed by atoms with Crippen LogP contribution in [-0.4, -0.2) is 40.4 Å². The fraction of sp³-hybridized carbons (Fsp3) is 0.118. The number of imidazole rings is 1. The molecule has 4 aromatic carbocycles. The molecule has 0 saturated heterocycles. The molecule has 0 radical (unpaired) electrons. The minimum atomic E-state index is 0.0790. The van der Waals surface area contributed by atoms with Gasteiger partial charge in [0.05, 0.1) is 6.54 Å². The topological polar surface area (TPSA) is 117 Å². The number of rotatable bonds is 9. The lowest BCUT2D eigenvalue weighted by Crippen LogP contribution is -2.09. The summed E-state index contributed by atoms with van der Waals surface area (Å²) >= 11 is 0. The summed E-state index contributed by atoms with van der Waals surface area (Å²) in [6.07, 6.45) is 0. The van der Waals surface area contributed by atoms with E-state index in [1.807, 2.05) is 91.0 Å². The van der Waals surface area contributed by atoms with Crippen LogP contribution in [0.4, 0.5) is 0 Å². The number of aromatic nitrogens is 8. The molecule has 0 spiro atoms. The molecule has 0 saturated carbocycles. The first-order chi connectivity index (χ1) is 21.7. The Morgan fingerprint density at radius 1 is 0.659 bits per heavy atom. The highest BCUT2D eigenvalue weighted by atomic mass is 16.5. The van der Waals surface area contributed by atoms with Crippen molar-refractivity contribution < 1.29 is 9.47 Å². The Labute approximate surface area is 253 Å². The predicted octanol–water partition coefficient (Wildman–Crippen LogP) is 7.43. The van der Waals surface area contributed by atoms with Gasteiger partial charge >= 0.3 is 0 Å². The molecule has 0 amide bonds. The summed E-state index contributed by atoms with van der Waals surface area (Å²) in [5.74, 6) is 3.40. The van der Waals surface area contributed by atoms with Crippen LogP contribution in [0.5, 0.6) is 23.3 Å². The third-order valence-corrected chi connectivity index (χ3v) is 7.22. The Bertz CT molecular complexity index is 2020. The highest BCUT2D eigenvalue weighted by molar-refractivity contribution is 5.86. The van der Waals surface area contributed by atoms with Crippen LogP contribution < -0.4 is 9.47 Å². The van der Waals surface area contributed by atoms with Crippen LogP contribution in [-0.2, 0) is 6.54 Å². The minimum absolute atomic E-state index is 0.0790. The van der Waals surface area contributed by atoms with Crippen LogP contribution in [0.2, 0.25) is 0 Å². The number of hydrogen-bond donors (Lipinski definition) is 1. The second-order valence-electron chi connectivity index (χ2n) is 10.5. The lowest BCUT2D eigenvalue weighted by Gasteiger charge is -2.17. The molecule has 0 aliphatic rings. The van der Waals surface area contributed by atoms with E-state index in [1.165, 1.54) is 0 Å². The predicted molar refractivity (Wildman–Crippen MR) is 167 cm³/mol. The molecular weight excluding hydrogens is 552 g/mol. The van der Waals surface area contributed by atoms with Gasteiger partial charge in [-0.15, -0.1) is 20.4 Å². The molecule has 44 heavy (non-hydrogen) atoms. The van der Waals surface area contributed by atoms with Gasteiger partial charge in [0.15, 0.2) is 5.52 Å². The number of ether oxygens (including phenoxy) is 2. The molecule has 1 N–H and O–H groups in total. The van der Waals surface area contributed by atoms with Crippen LogP contribution in [0.15, 0.2) is 109 Å². The van der Waals surface area contributed by atoms with Crippen LogP contribution in [0.25, 0.3) is 33.5 Å². The Hall–Kier alpha value is -5.90. The van der Waals surface area contributed by atoms with Gasteiger partial charge in [-0.25, -0.2) is 4.98 Å². The van der Waals surface area contributed by atoms with E-state index in [0.29, 0.717) is 46.7 Å². The van der Waals surface area contributed by atoms with Gasteiger partial charge in [-0.05, 0) is 46.2 Å². The van der Waals surface area contributed by atoms with Crippen molar-refractivity contribution in [2.75, 3.05) is 0 Å². The molecule has 10 nitrogen and oxygen atoms in total. The fourth-order valence-electron chi connectivity index (χ4n) is 5.24. The molecule has 0 atom stereocenters. The Kier molecular flexibility index (Phi) is 7.21. The molecule has 3 heterocycles. The van der Waals surface area contributed by atoms with Gasteiger partial charge in [-0.2, -0.15) is 5.21 Å². The number of tetrazole rings is 1. The average molecular weight is 581 g/mol. The Balaban J connectivity index is 1.41. The maximum atomic E-state index is 6.33. The van der Waals surface area contributed by atoms with E-state index in [1.54, 1.807) is 0 Å². The van der Waals surface area contributed by atoms with Gasteiger partial charge in [0.2, 0.25) is 5.82 Å². The summed E-state index contributed by atoms with van der Waals surface area (Å²) in [4.78, 5) is 5.09. The zero-order valence-electron chi connectivity index (χ0n) is 24.1. The molecule has 7 rings (SSSR count). The SMILES string of the molecule is CC(C)c1nc2c(Oc3ccccc3)nnc(Oc3ccccc3)c2n1Cc1ccccc1-c1ccccc1-c1nn[nH]n1. The van der Waals surface area contributed by atoms with Crippen LogP contribution >= 0.6 is 0 Å². The molecule has 7 aromatic rings. The maximum Gasteiger partial charge on any atom is 0.267 e. The molecule has 0 aliphatic carbocycles. The van der Waals surface area contributed by atoms with Gasteiger partial charge < -0.3 is 14.0 Å². The van der Waals surface area contributed by atoms with E-state index in [0.717, 1.165) is 28.1 Å². The van der Waals surface area contributed by atoms with Crippen molar-refractivity contribution in [2.24, 2.45) is 0 Å². The highest BCUT2D eigenvalue weighted by Gasteiger charge is 2.25. The minimum Gasteiger partial charge on any atom is -0.436 e. The van der Waals surface area contributed by atoms with Crippen molar-refractivity contribution >= 4 is 11.0 Å². The second-order valence-corrected chi connectivity index (χ2v) is 10.5. The molecule has 0 fully saturated rings. The van der Waals surface area contributed by atoms with Crippen LogP contribution in [0.1, 0.15) is 31.2 Å². The third-order valence-electron chi connectivity index (χ3n) is 7.22. The molecular formula is C34H28N8O2. The second kappa shape index (κ2) is 11.8. The van der Waals surface area contributed by atoms with Gasteiger partial charge in [0.25, 0.3) is 11.8 Å². The van der Waals surface area contributed by atoms with E-state index >= 15 is 0 Å². The number of nitrogens with one attached hydrogen (secondary N) is 1. The number of H-pyrrole nitrogens is 1.